The summed E-state index contributed by atoms with van der Waals surface area (Å²) in [6, 6.07) is 2.27. The summed E-state index contributed by atoms with van der Waals surface area (Å²) < 4.78 is 16.7. The van der Waals surface area contributed by atoms with Crippen LogP contribution in [0.5, 0.6) is 0 Å². The lowest BCUT2D eigenvalue weighted by Gasteiger charge is -2.33. The average molecular weight is 253 g/mol. The minimum Gasteiger partial charge on any atom is -0.316 e. The van der Waals surface area contributed by atoms with Gasteiger partial charge in [-0.1, -0.05) is 0 Å². The fraction of sp³-hybridized carbons (Fsp3) is 0.786. The highest BCUT2D eigenvalue weighted by Crippen LogP contribution is 2.30. The van der Waals surface area contributed by atoms with E-state index in [0.29, 0.717) is 12.5 Å². The highest BCUT2D eigenvalue weighted by Gasteiger charge is 2.35. The van der Waals surface area contributed by atoms with Crippen molar-refractivity contribution in [3.8, 4) is 0 Å². The average Bonchev–Trinajstić information content (AvgIpc) is 2.78. The molecular formula is C14H24FN3. The molecule has 1 saturated heterocycles. The second-order valence-electron chi connectivity index (χ2n) is 5.88. The van der Waals surface area contributed by atoms with E-state index in [0.717, 1.165) is 31.6 Å². The quantitative estimate of drug-likeness (QED) is 0.894. The van der Waals surface area contributed by atoms with Crippen LogP contribution in [0, 0.1) is 5.92 Å². The van der Waals surface area contributed by atoms with Crippen molar-refractivity contribution in [3.05, 3.63) is 18.0 Å². The van der Waals surface area contributed by atoms with Gasteiger partial charge >= 0.3 is 0 Å². The number of piperidine rings is 1. The van der Waals surface area contributed by atoms with Crippen molar-refractivity contribution in [3.63, 3.8) is 0 Å². The van der Waals surface area contributed by atoms with Crippen molar-refractivity contribution in [1.29, 1.82) is 0 Å². The third-order valence-corrected chi connectivity index (χ3v) is 3.87. The second kappa shape index (κ2) is 5.39. The van der Waals surface area contributed by atoms with Crippen LogP contribution in [0.15, 0.2) is 12.3 Å². The lowest BCUT2D eigenvalue weighted by molar-refractivity contribution is 0.0821. The van der Waals surface area contributed by atoms with Crippen molar-refractivity contribution in [2.75, 3.05) is 13.1 Å². The predicted molar refractivity (Wildman–Crippen MR) is 71.4 cm³/mol. The molecule has 102 valence electrons. The lowest BCUT2D eigenvalue weighted by Crippen LogP contribution is -2.42. The summed E-state index contributed by atoms with van der Waals surface area (Å²) in [6.45, 7) is 7.69. The minimum absolute atomic E-state index is 0.107. The van der Waals surface area contributed by atoms with E-state index in [-0.39, 0.29) is 5.92 Å². The zero-order valence-electron chi connectivity index (χ0n) is 11.6. The van der Waals surface area contributed by atoms with Crippen LogP contribution >= 0.6 is 0 Å². The van der Waals surface area contributed by atoms with Gasteiger partial charge in [0.25, 0.3) is 0 Å². The molecule has 1 aromatic rings. The van der Waals surface area contributed by atoms with E-state index < -0.39 is 5.67 Å². The van der Waals surface area contributed by atoms with E-state index in [1.54, 1.807) is 6.92 Å². The summed E-state index contributed by atoms with van der Waals surface area (Å²) in [5, 5.41) is 7.73. The predicted octanol–water partition coefficient (Wildman–Crippen LogP) is 2.73. The number of rotatable bonds is 4. The Labute approximate surface area is 109 Å². The molecule has 1 aromatic heterocycles. The molecule has 1 aliphatic heterocycles. The van der Waals surface area contributed by atoms with Gasteiger partial charge in [0.15, 0.2) is 0 Å². The molecule has 2 heterocycles. The summed E-state index contributed by atoms with van der Waals surface area (Å²) in [5.41, 5.74) is -0.303. The Morgan fingerprint density at radius 2 is 2.39 bits per heavy atom. The van der Waals surface area contributed by atoms with Crippen LogP contribution in [0.4, 0.5) is 4.39 Å². The number of hydrogen-bond donors (Lipinski definition) is 1. The van der Waals surface area contributed by atoms with E-state index in [4.69, 9.17) is 0 Å². The first-order valence-corrected chi connectivity index (χ1v) is 6.93. The summed E-state index contributed by atoms with van der Waals surface area (Å²) in [7, 11) is 0. The topological polar surface area (TPSA) is 29.9 Å². The first-order valence-electron chi connectivity index (χ1n) is 6.93. The maximum absolute atomic E-state index is 14.8. The van der Waals surface area contributed by atoms with Crippen LogP contribution in [0.1, 0.15) is 45.3 Å². The van der Waals surface area contributed by atoms with E-state index in [2.05, 4.69) is 24.3 Å². The van der Waals surface area contributed by atoms with Gasteiger partial charge in [-0.15, -0.1) is 0 Å². The molecule has 0 spiro atoms. The molecule has 1 aliphatic rings. The Bertz CT molecular complexity index is 378. The SMILES string of the molecule is CC(C)n1ccc(CC(C)(F)C2CCCNC2)n1. The first kappa shape index (κ1) is 13.5. The molecule has 2 atom stereocenters. The number of nitrogens with zero attached hydrogens (tertiary/aromatic N) is 2. The van der Waals surface area contributed by atoms with Crippen molar-refractivity contribution in [2.45, 2.75) is 51.7 Å². The molecule has 0 saturated carbocycles. The van der Waals surface area contributed by atoms with E-state index in [1.807, 2.05) is 16.9 Å². The van der Waals surface area contributed by atoms with Crippen LogP contribution in [-0.4, -0.2) is 28.5 Å². The van der Waals surface area contributed by atoms with Crippen LogP contribution < -0.4 is 5.32 Å². The van der Waals surface area contributed by atoms with Gasteiger partial charge in [0.2, 0.25) is 0 Å². The number of halogens is 1. The third-order valence-electron chi connectivity index (χ3n) is 3.87. The number of nitrogens with one attached hydrogen (secondary N) is 1. The van der Waals surface area contributed by atoms with E-state index >= 15 is 0 Å². The molecule has 0 radical (unpaired) electrons. The first-order chi connectivity index (χ1) is 8.49. The van der Waals surface area contributed by atoms with E-state index in [9.17, 15) is 4.39 Å². The maximum atomic E-state index is 14.8. The molecule has 1 N–H and O–H groups in total. The minimum atomic E-state index is -1.16. The zero-order chi connectivity index (χ0) is 13.2. The molecular weight excluding hydrogens is 229 g/mol. The highest BCUT2D eigenvalue weighted by atomic mass is 19.1. The monoisotopic (exact) mass is 253 g/mol. The molecule has 3 nitrogen and oxygen atoms in total. The molecule has 4 heteroatoms. The zero-order valence-corrected chi connectivity index (χ0v) is 11.6. The van der Waals surface area contributed by atoms with Gasteiger partial charge in [-0.3, -0.25) is 4.68 Å². The van der Waals surface area contributed by atoms with Gasteiger partial charge in [0.05, 0.1) is 5.69 Å². The van der Waals surface area contributed by atoms with Gasteiger partial charge in [0, 0.05) is 31.1 Å². The normalized spacial score (nSPS) is 24.2. The number of hydrogen-bond acceptors (Lipinski definition) is 2. The van der Waals surface area contributed by atoms with Gasteiger partial charge in [0.1, 0.15) is 5.67 Å². The van der Waals surface area contributed by atoms with Gasteiger partial charge in [-0.25, -0.2) is 4.39 Å². The molecule has 0 aromatic carbocycles. The largest absolute Gasteiger partial charge is 0.316 e. The number of alkyl halides is 1. The molecule has 0 aliphatic carbocycles. The Balaban J connectivity index is 2.01. The molecule has 2 rings (SSSR count). The fourth-order valence-corrected chi connectivity index (χ4v) is 2.62. The van der Waals surface area contributed by atoms with Crippen LogP contribution in [-0.2, 0) is 6.42 Å². The Kier molecular flexibility index (Phi) is 4.05. The van der Waals surface area contributed by atoms with Crippen LogP contribution in [0.3, 0.4) is 0 Å². The Morgan fingerprint density at radius 1 is 1.61 bits per heavy atom. The van der Waals surface area contributed by atoms with Crippen LogP contribution in [0.25, 0.3) is 0 Å². The van der Waals surface area contributed by atoms with Gasteiger partial charge in [-0.05, 0) is 46.2 Å². The third kappa shape index (κ3) is 3.10. The van der Waals surface area contributed by atoms with E-state index in [1.165, 1.54) is 0 Å². The van der Waals surface area contributed by atoms with Crippen molar-refractivity contribution in [2.24, 2.45) is 5.92 Å². The van der Waals surface area contributed by atoms with Gasteiger partial charge < -0.3 is 5.32 Å². The van der Waals surface area contributed by atoms with Gasteiger partial charge in [-0.2, -0.15) is 5.10 Å². The molecule has 0 bridgehead atoms. The molecule has 2 unspecified atom stereocenters. The van der Waals surface area contributed by atoms with Crippen LogP contribution in [0.2, 0.25) is 0 Å². The lowest BCUT2D eigenvalue weighted by atomic mass is 9.82. The number of aromatic nitrogens is 2. The summed E-state index contributed by atoms with van der Waals surface area (Å²) >= 11 is 0. The molecule has 1 fully saturated rings. The smallest absolute Gasteiger partial charge is 0.117 e. The fourth-order valence-electron chi connectivity index (χ4n) is 2.62. The van der Waals surface area contributed by atoms with Crippen molar-refractivity contribution in [1.82, 2.24) is 15.1 Å². The molecule has 18 heavy (non-hydrogen) atoms. The summed E-state index contributed by atoms with van der Waals surface area (Å²) in [6.07, 6.45) is 4.41. The highest BCUT2D eigenvalue weighted by molar-refractivity contribution is 5.05. The second-order valence-corrected chi connectivity index (χ2v) is 5.88. The maximum Gasteiger partial charge on any atom is 0.117 e. The molecule has 0 amide bonds. The Morgan fingerprint density at radius 3 is 2.94 bits per heavy atom. The summed E-state index contributed by atoms with van der Waals surface area (Å²) in [4.78, 5) is 0. The summed E-state index contributed by atoms with van der Waals surface area (Å²) in [5.74, 6) is 0.107. The van der Waals surface area contributed by atoms with Crippen molar-refractivity contribution < 1.29 is 4.39 Å². The van der Waals surface area contributed by atoms with Crippen molar-refractivity contribution >= 4 is 0 Å². The standard InChI is InChI=1S/C14H24FN3/c1-11(2)18-8-6-13(17-18)9-14(3,15)12-5-4-7-16-10-12/h6,8,11-12,16H,4-5,7,9-10H2,1-3H3. The Hall–Kier alpha value is -0.900.